The summed E-state index contributed by atoms with van der Waals surface area (Å²) in [7, 11) is 0. The van der Waals surface area contributed by atoms with Crippen LogP contribution in [0.3, 0.4) is 0 Å². The zero-order valence-electron chi connectivity index (χ0n) is 5.39. The fourth-order valence-corrected chi connectivity index (χ4v) is 0.910. The summed E-state index contributed by atoms with van der Waals surface area (Å²) in [5.74, 6) is 1.91. The molecule has 0 atom stereocenters. The predicted octanol–water partition coefficient (Wildman–Crippen LogP) is 1.01. The van der Waals surface area contributed by atoms with Crippen molar-refractivity contribution in [2.75, 3.05) is 18.1 Å². The maximum absolute atomic E-state index is 9.84. The highest BCUT2D eigenvalue weighted by molar-refractivity contribution is 7.99. The molecule has 54 valence electrons. The lowest BCUT2D eigenvalue weighted by Crippen LogP contribution is -2.23. The lowest BCUT2D eigenvalue weighted by Gasteiger charge is -1.96. The van der Waals surface area contributed by atoms with E-state index in [0.29, 0.717) is 6.54 Å². The summed E-state index contributed by atoms with van der Waals surface area (Å²) >= 11 is 1.72. The van der Waals surface area contributed by atoms with Crippen molar-refractivity contribution in [3.8, 4) is 0 Å². The van der Waals surface area contributed by atoms with E-state index in [4.69, 9.17) is 5.11 Å². The molecule has 4 heteroatoms. The standard InChI is InChI=1S/C5H11NO2S/c1-2-9-4-3-6-5(7)8/h6H,2-4H2,1H3,(H,7,8). The summed E-state index contributed by atoms with van der Waals surface area (Å²) in [5.41, 5.74) is 0. The van der Waals surface area contributed by atoms with Gasteiger partial charge in [-0.1, -0.05) is 6.92 Å². The molecule has 0 radical (unpaired) electrons. The van der Waals surface area contributed by atoms with Crippen LogP contribution in [-0.2, 0) is 0 Å². The van der Waals surface area contributed by atoms with Gasteiger partial charge in [0.05, 0.1) is 0 Å². The number of nitrogens with one attached hydrogen (secondary N) is 1. The number of thioether (sulfide) groups is 1. The molecule has 0 unspecified atom stereocenters. The van der Waals surface area contributed by atoms with E-state index in [-0.39, 0.29) is 0 Å². The van der Waals surface area contributed by atoms with Crippen molar-refractivity contribution in [2.24, 2.45) is 0 Å². The van der Waals surface area contributed by atoms with Gasteiger partial charge in [0.25, 0.3) is 0 Å². The van der Waals surface area contributed by atoms with Crippen LogP contribution in [0.5, 0.6) is 0 Å². The monoisotopic (exact) mass is 149 g/mol. The molecular weight excluding hydrogens is 138 g/mol. The molecule has 0 spiro atoms. The molecule has 0 saturated heterocycles. The summed E-state index contributed by atoms with van der Waals surface area (Å²) in [5, 5.41) is 10.4. The molecule has 0 rings (SSSR count). The average molecular weight is 149 g/mol. The second-order valence-corrected chi connectivity index (χ2v) is 2.82. The first kappa shape index (κ1) is 8.62. The van der Waals surface area contributed by atoms with Crippen LogP contribution in [0.4, 0.5) is 4.79 Å². The third-order valence-electron chi connectivity index (χ3n) is 0.727. The highest BCUT2D eigenvalue weighted by Crippen LogP contribution is 1.94. The van der Waals surface area contributed by atoms with Gasteiger partial charge in [0.1, 0.15) is 0 Å². The molecule has 0 aromatic rings. The number of rotatable bonds is 4. The molecule has 3 nitrogen and oxygen atoms in total. The van der Waals surface area contributed by atoms with Crippen LogP contribution >= 0.6 is 11.8 Å². The molecule has 0 aliphatic heterocycles. The van der Waals surface area contributed by atoms with E-state index in [1.54, 1.807) is 11.8 Å². The first-order valence-corrected chi connectivity index (χ1v) is 3.97. The van der Waals surface area contributed by atoms with Crippen molar-refractivity contribution < 1.29 is 9.90 Å². The first-order chi connectivity index (χ1) is 4.27. The van der Waals surface area contributed by atoms with Crippen LogP contribution in [0.15, 0.2) is 0 Å². The van der Waals surface area contributed by atoms with Crippen LogP contribution in [0, 0.1) is 0 Å². The van der Waals surface area contributed by atoms with Gasteiger partial charge in [-0.3, -0.25) is 0 Å². The van der Waals surface area contributed by atoms with Crippen molar-refractivity contribution in [2.45, 2.75) is 6.92 Å². The Balaban J connectivity index is 2.83. The van der Waals surface area contributed by atoms with Gasteiger partial charge in [0.2, 0.25) is 0 Å². The van der Waals surface area contributed by atoms with E-state index >= 15 is 0 Å². The molecular formula is C5H11NO2S. The summed E-state index contributed by atoms with van der Waals surface area (Å²) in [6, 6.07) is 0. The van der Waals surface area contributed by atoms with Crippen molar-refractivity contribution in [1.82, 2.24) is 5.32 Å². The summed E-state index contributed by atoms with van der Waals surface area (Å²) < 4.78 is 0. The first-order valence-electron chi connectivity index (χ1n) is 2.82. The molecule has 0 saturated carbocycles. The Morgan fingerprint density at radius 2 is 2.44 bits per heavy atom. The molecule has 9 heavy (non-hydrogen) atoms. The largest absolute Gasteiger partial charge is 0.465 e. The molecule has 0 aromatic heterocycles. The van der Waals surface area contributed by atoms with E-state index < -0.39 is 6.09 Å². The Kier molecular flexibility index (Phi) is 5.51. The minimum absolute atomic E-state index is 0.549. The second kappa shape index (κ2) is 5.75. The minimum Gasteiger partial charge on any atom is -0.465 e. The second-order valence-electron chi connectivity index (χ2n) is 1.43. The quantitative estimate of drug-likeness (QED) is 0.586. The van der Waals surface area contributed by atoms with Crippen LogP contribution in [0.1, 0.15) is 6.92 Å². The van der Waals surface area contributed by atoms with Gasteiger partial charge in [-0.05, 0) is 5.75 Å². The number of hydrogen-bond donors (Lipinski definition) is 2. The molecule has 0 aromatic carbocycles. The predicted molar refractivity (Wildman–Crippen MR) is 39.0 cm³/mol. The highest BCUT2D eigenvalue weighted by Gasteiger charge is 1.90. The normalized spacial score (nSPS) is 9.00. The maximum atomic E-state index is 9.84. The third kappa shape index (κ3) is 7.62. The number of carbonyl (C=O) groups is 1. The fraction of sp³-hybridized carbons (Fsp3) is 0.800. The number of amides is 1. The lowest BCUT2D eigenvalue weighted by molar-refractivity contribution is 0.195. The van der Waals surface area contributed by atoms with Gasteiger partial charge in [-0.15, -0.1) is 0 Å². The highest BCUT2D eigenvalue weighted by atomic mass is 32.2. The Bertz CT molecular complexity index is 87.0. The van der Waals surface area contributed by atoms with Gasteiger partial charge in [0.15, 0.2) is 0 Å². The smallest absolute Gasteiger partial charge is 0.404 e. The average Bonchev–Trinajstić information content (AvgIpc) is 1.80. The van der Waals surface area contributed by atoms with Crippen molar-refractivity contribution in [3.63, 3.8) is 0 Å². The van der Waals surface area contributed by atoms with Crippen molar-refractivity contribution in [1.29, 1.82) is 0 Å². The van der Waals surface area contributed by atoms with Crippen molar-refractivity contribution >= 4 is 17.9 Å². The molecule has 2 N–H and O–H groups in total. The zero-order valence-corrected chi connectivity index (χ0v) is 6.20. The number of carboxylic acid groups (broad SMARTS) is 1. The van der Waals surface area contributed by atoms with E-state index in [0.717, 1.165) is 11.5 Å². The Labute approximate surface area is 58.8 Å². The molecule has 0 fully saturated rings. The fourth-order valence-electron chi connectivity index (χ4n) is 0.374. The zero-order chi connectivity index (χ0) is 7.11. The van der Waals surface area contributed by atoms with Crippen LogP contribution in [-0.4, -0.2) is 29.3 Å². The Morgan fingerprint density at radius 1 is 1.78 bits per heavy atom. The van der Waals surface area contributed by atoms with Crippen LogP contribution in [0.25, 0.3) is 0 Å². The van der Waals surface area contributed by atoms with E-state index in [9.17, 15) is 4.79 Å². The topological polar surface area (TPSA) is 49.3 Å². The van der Waals surface area contributed by atoms with Crippen LogP contribution < -0.4 is 5.32 Å². The molecule has 0 heterocycles. The summed E-state index contributed by atoms with van der Waals surface area (Å²) in [4.78, 5) is 9.84. The molecule has 0 aliphatic carbocycles. The molecule has 0 bridgehead atoms. The SMILES string of the molecule is CCSCCNC(=O)O. The van der Waals surface area contributed by atoms with E-state index in [2.05, 4.69) is 5.32 Å². The Morgan fingerprint density at radius 3 is 2.89 bits per heavy atom. The van der Waals surface area contributed by atoms with E-state index in [1.165, 1.54) is 0 Å². The lowest BCUT2D eigenvalue weighted by atomic mass is 10.7. The van der Waals surface area contributed by atoms with Gasteiger partial charge >= 0.3 is 6.09 Å². The van der Waals surface area contributed by atoms with Gasteiger partial charge in [0, 0.05) is 12.3 Å². The third-order valence-corrected chi connectivity index (χ3v) is 1.63. The Hall–Kier alpha value is -0.380. The molecule has 0 aliphatic rings. The van der Waals surface area contributed by atoms with Gasteiger partial charge in [-0.2, -0.15) is 11.8 Å². The van der Waals surface area contributed by atoms with E-state index in [1.807, 2.05) is 6.92 Å². The van der Waals surface area contributed by atoms with Crippen LogP contribution in [0.2, 0.25) is 0 Å². The summed E-state index contributed by atoms with van der Waals surface area (Å²) in [6.07, 6.45) is -0.938. The van der Waals surface area contributed by atoms with Gasteiger partial charge < -0.3 is 10.4 Å². The van der Waals surface area contributed by atoms with Crippen molar-refractivity contribution in [3.05, 3.63) is 0 Å². The minimum atomic E-state index is -0.938. The summed E-state index contributed by atoms with van der Waals surface area (Å²) in [6.45, 7) is 2.60. The molecule has 1 amide bonds. The maximum Gasteiger partial charge on any atom is 0.404 e. The van der Waals surface area contributed by atoms with Gasteiger partial charge in [-0.25, -0.2) is 4.79 Å². The number of hydrogen-bond acceptors (Lipinski definition) is 2.